The van der Waals surface area contributed by atoms with Gasteiger partial charge in [0.1, 0.15) is 5.75 Å². The average molecular weight is 431 g/mol. The van der Waals surface area contributed by atoms with Crippen molar-refractivity contribution in [2.24, 2.45) is 11.8 Å². The molecule has 2 unspecified atom stereocenters. The van der Waals surface area contributed by atoms with Crippen LogP contribution in [0.5, 0.6) is 5.75 Å². The minimum absolute atomic E-state index is 0.00812. The van der Waals surface area contributed by atoms with E-state index in [4.69, 9.17) is 9.47 Å². The third-order valence-corrected chi connectivity index (χ3v) is 8.14. The van der Waals surface area contributed by atoms with Crippen molar-refractivity contribution >= 4 is 5.91 Å². The molecule has 1 aliphatic heterocycles. The molecule has 5 heteroatoms. The van der Waals surface area contributed by atoms with Gasteiger partial charge in [0.25, 0.3) is 0 Å². The molecule has 1 aromatic carbocycles. The van der Waals surface area contributed by atoms with E-state index in [1.165, 1.54) is 12.0 Å². The third-order valence-electron chi connectivity index (χ3n) is 8.14. The lowest BCUT2D eigenvalue weighted by molar-refractivity contribution is -0.133. The molecule has 2 atom stereocenters. The summed E-state index contributed by atoms with van der Waals surface area (Å²) in [7, 11) is 7.89. The number of methoxy groups -OCH3 is 2. The summed E-state index contributed by atoms with van der Waals surface area (Å²) in [5.74, 6) is 1.59. The Morgan fingerprint density at radius 2 is 1.77 bits per heavy atom. The highest BCUT2D eigenvalue weighted by molar-refractivity contribution is 5.80. The first-order valence-corrected chi connectivity index (χ1v) is 11.9. The number of nitrogens with one attached hydrogen (secondary N) is 1. The van der Waals surface area contributed by atoms with Crippen LogP contribution >= 0.6 is 0 Å². The van der Waals surface area contributed by atoms with Crippen LogP contribution in [-0.2, 0) is 16.0 Å². The second kappa shape index (κ2) is 10.4. The van der Waals surface area contributed by atoms with E-state index < -0.39 is 0 Å². The zero-order valence-corrected chi connectivity index (χ0v) is 20.2. The fourth-order valence-corrected chi connectivity index (χ4v) is 5.83. The number of hydrogen-bond acceptors (Lipinski definition) is 4. The van der Waals surface area contributed by atoms with E-state index in [1.54, 1.807) is 14.2 Å². The molecule has 2 aliphatic rings. The van der Waals surface area contributed by atoms with E-state index >= 15 is 0 Å². The van der Waals surface area contributed by atoms with Crippen LogP contribution in [0.1, 0.15) is 63.9 Å². The average Bonchev–Trinajstić information content (AvgIpc) is 2.76. The number of hydrogen-bond donors (Lipinski definition) is 1. The summed E-state index contributed by atoms with van der Waals surface area (Å²) in [5.41, 5.74) is 1.52. The van der Waals surface area contributed by atoms with Crippen LogP contribution in [0.4, 0.5) is 0 Å². The number of amides is 1. The Labute approximate surface area is 188 Å². The van der Waals surface area contributed by atoms with Crippen molar-refractivity contribution in [2.45, 2.75) is 75.8 Å². The Morgan fingerprint density at radius 1 is 1.10 bits per heavy atom. The lowest BCUT2D eigenvalue weighted by atomic mass is 9.65. The van der Waals surface area contributed by atoms with Gasteiger partial charge in [-0.2, -0.15) is 0 Å². The molecule has 1 saturated heterocycles. The van der Waals surface area contributed by atoms with Crippen LogP contribution in [0.15, 0.2) is 24.3 Å². The maximum atomic E-state index is 13.1. The standard InChI is InChI=1S/C26H42N2O3/c1-20(19-21-7-9-22(31-5)10-8-21)23-11-13-25(27-24(23)29)14-16-26(17-15-25,28(2)3)12-6-18-30-4/h7-10,20,23H,6,11-19H2,1-5H3,(H,27,29). The van der Waals surface area contributed by atoms with Crippen molar-refractivity contribution in [2.75, 3.05) is 34.9 Å². The Balaban J connectivity index is 1.56. The van der Waals surface area contributed by atoms with Crippen LogP contribution in [0.2, 0.25) is 0 Å². The number of ether oxygens (including phenoxy) is 2. The Bertz CT molecular complexity index is 708. The third kappa shape index (κ3) is 5.61. The molecule has 1 aliphatic carbocycles. The van der Waals surface area contributed by atoms with E-state index in [2.05, 4.69) is 43.4 Å². The smallest absolute Gasteiger partial charge is 0.223 e. The monoisotopic (exact) mass is 430 g/mol. The van der Waals surface area contributed by atoms with E-state index in [1.807, 2.05) is 12.1 Å². The molecule has 31 heavy (non-hydrogen) atoms. The normalized spacial score (nSPS) is 29.7. The molecule has 1 spiro atoms. The fourth-order valence-electron chi connectivity index (χ4n) is 5.83. The molecule has 1 amide bonds. The summed E-state index contributed by atoms with van der Waals surface area (Å²) in [6.45, 7) is 3.05. The number of carbonyl (C=O) groups excluding carboxylic acids is 1. The van der Waals surface area contributed by atoms with Crippen molar-refractivity contribution in [3.63, 3.8) is 0 Å². The highest BCUT2D eigenvalue weighted by atomic mass is 16.5. The number of carbonyl (C=O) groups is 1. The van der Waals surface area contributed by atoms with Crippen molar-refractivity contribution in [3.05, 3.63) is 29.8 Å². The lowest BCUT2D eigenvalue weighted by Crippen LogP contribution is -2.61. The summed E-state index contributed by atoms with van der Waals surface area (Å²) in [6.07, 6.45) is 9.77. The summed E-state index contributed by atoms with van der Waals surface area (Å²) in [5, 5.41) is 3.51. The predicted octanol–water partition coefficient (Wildman–Crippen LogP) is 4.44. The van der Waals surface area contributed by atoms with Crippen molar-refractivity contribution in [1.29, 1.82) is 0 Å². The van der Waals surface area contributed by atoms with Crippen LogP contribution in [0.3, 0.4) is 0 Å². The van der Waals surface area contributed by atoms with E-state index in [9.17, 15) is 4.79 Å². The molecule has 0 bridgehead atoms. The highest BCUT2D eigenvalue weighted by Gasteiger charge is 2.47. The van der Waals surface area contributed by atoms with Crippen LogP contribution in [0, 0.1) is 11.8 Å². The van der Waals surface area contributed by atoms with E-state index in [0.29, 0.717) is 5.92 Å². The SMILES string of the molecule is COCCCC1(N(C)C)CCC2(CCC(C(C)Cc3ccc(OC)cc3)C(=O)N2)CC1. The van der Waals surface area contributed by atoms with Gasteiger partial charge in [-0.15, -0.1) is 0 Å². The first-order chi connectivity index (χ1) is 14.8. The molecule has 3 rings (SSSR count). The quantitative estimate of drug-likeness (QED) is 0.589. The van der Waals surface area contributed by atoms with Crippen LogP contribution < -0.4 is 10.1 Å². The van der Waals surface area contributed by atoms with Gasteiger partial charge in [0, 0.05) is 30.7 Å². The molecule has 0 aromatic heterocycles. The zero-order valence-electron chi connectivity index (χ0n) is 20.2. The predicted molar refractivity (Wildman–Crippen MR) is 125 cm³/mol. The minimum Gasteiger partial charge on any atom is -0.497 e. The molecule has 2 fully saturated rings. The molecule has 1 heterocycles. The van der Waals surface area contributed by atoms with Gasteiger partial charge in [0.2, 0.25) is 5.91 Å². The number of benzene rings is 1. The topological polar surface area (TPSA) is 50.8 Å². The highest BCUT2D eigenvalue weighted by Crippen LogP contribution is 2.45. The largest absolute Gasteiger partial charge is 0.497 e. The van der Waals surface area contributed by atoms with Crippen molar-refractivity contribution in [3.8, 4) is 5.75 Å². The fraction of sp³-hybridized carbons (Fsp3) is 0.731. The number of rotatable bonds is 9. The second-order valence-corrected chi connectivity index (χ2v) is 10.2. The molecule has 5 nitrogen and oxygen atoms in total. The molecule has 0 radical (unpaired) electrons. The van der Waals surface area contributed by atoms with Crippen LogP contribution in [0.25, 0.3) is 0 Å². The Hall–Kier alpha value is -1.59. The van der Waals surface area contributed by atoms with Gasteiger partial charge in [-0.25, -0.2) is 0 Å². The molecule has 1 N–H and O–H groups in total. The summed E-state index contributed by atoms with van der Waals surface area (Å²) in [4.78, 5) is 15.6. The van der Waals surface area contributed by atoms with Gasteiger partial charge in [0.15, 0.2) is 0 Å². The van der Waals surface area contributed by atoms with Crippen molar-refractivity contribution in [1.82, 2.24) is 10.2 Å². The van der Waals surface area contributed by atoms with Crippen molar-refractivity contribution < 1.29 is 14.3 Å². The van der Waals surface area contributed by atoms with Gasteiger partial charge in [0.05, 0.1) is 7.11 Å². The number of nitrogens with zero attached hydrogens (tertiary/aromatic N) is 1. The van der Waals surface area contributed by atoms with E-state index in [0.717, 1.165) is 63.7 Å². The molecular formula is C26H42N2O3. The first-order valence-electron chi connectivity index (χ1n) is 11.9. The first kappa shape index (κ1) is 24.1. The van der Waals surface area contributed by atoms with Gasteiger partial charge in [-0.05, 0) is 95.5 Å². The summed E-state index contributed by atoms with van der Waals surface area (Å²) >= 11 is 0. The zero-order chi connectivity index (χ0) is 22.5. The maximum absolute atomic E-state index is 13.1. The Kier molecular flexibility index (Phi) is 8.03. The van der Waals surface area contributed by atoms with Gasteiger partial charge in [-0.3, -0.25) is 4.79 Å². The molecule has 1 saturated carbocycles. The van der Waals surface area contributed by atoms with Crippen LogP contribution in [-0.4, -0.2) is 56.8 Å². The summed E-state index contributed by atoms with van der Waals surface area (Å²) in [6, 6.07) is 8.24. The van der Waals surface area contributed by atoms with Gasteiger partial charge < -0.3 is 19.7 Å². The van der Waals surface area contributed by atoms with Gasteiger partial charge in [-0.1, -0.05) is 19.1 Å². The Morgan fingerprint density at radius 3 is 2.32 bits per heavy atom. The lowest BCUT2D eigenvalue weighted by Gasteiger charge is -2.52. The minimum atomic E-state index is 0.00812. The molecule has 174 valence electrons. The van der Waals surface area contributed by atoms with E-state index in [-0.39, 0.29) is 22.9 Å². The second-order valence-electron chi connectivity index (χ2n) is 10.2. The molecule has 1 aromatic rings. The summed E-state index contributed by atoms with van der Waals surface area (Å²) < 4.78 is 10.5. The molecular weight excluding hydrogens is 388 g/mol. The van der Waals surface area contributed by atoms with Gasteiger partial charge >= 0.3 is 0 Å². The maximum Gasteiger partial charge on any atom is 0.223 e. The number of piperidine rings is 1.